The number of piperidine rings is 1. The topological polar surface area (TPSA) is 78.9 Å². The van der Waals surface area contributed by atoms with Crippen molar-refractivity contribution in [2.24, 2.45) is 0 Å². The van der Waals surface area contributed by atoms with Gasteiger partial charge in [0.15, 0.2) is 0 Å². The van der Waals surface area contributed by atoms with Gasteiger partial charge < -0.3 is 20.1 Å². The first-order valence-electron chi connectivity index (χ1n) is 9.60. The van der Waals surface area contributed by atoms with E-state index in [9.17, 15) is 14.7 Å². The van der Waals surface area contributed by atoms with E-state index in [1.807, 2.05) is 60.7 Å². The predicted molar refractivity (Wildman–Crippen MR) is 106 cm³/mol. The maximum absolute atomic E-state index is 13.0. The van der Waals surface area contributed by atoms with Gasteiger partial charge in [0, 0.05) is 19.5 Å². The lowest BCUT2D eigenvalue weighted by atomic mass is 10.0. The Morgan fingerprint density at radius 1 is 1.00 bits per heavy atom. The minimum Gasteiger partial charge on any atom is -0.445 e. The van der Waals surface area contributed by atoms with E-state index < -0.39 is 12.1 Å². The summed E-state index contributed by atoms with van der Waals surface area (Å²) in [4.78, 5) is 27.0. The predicted octanol–water partition coefficient (Wildman–Crippen LogP) is 2.51. The highest BCUT2D eigenvalue weighted by atomic mass is 16.5. The Kier molecular flexibility index (Phi) is 7.03. The summed E-state index contributed by atoms with van der Waals surface area (Å²) in [6, 6.07) is 18.3. The SMILES string of the molecule is O=C(N[C@@H](Cc1ccccc1)C(=O)N1CCC(O)CC1)OCc1ccccc1. The van der Waals surface area contributed by atoms with Crippen LogP contribution in [0.5, 0.6) is 0 Å². The van der Waals surface area contributed by atoms with Crippen molar-refractivity contribution in [1.29, 1.82) is 0 Å². The second kappa shape index (κ2) is 9.90. The van der Waals surface area contributed by atoms with Gasteiger partial charge in [-0.05, 0) is 24.0 Å². The number of nitrogens with zero attached hydrogens (tertiary/aromatic N) is 1. The fourth-order valence-electron chi connectivity index (χ4n) is 3.26. The van der Waals surface area contributed by atoms with E-state index in [0.717, 1.165) is 11.1 Å². The molecule has 0 aromatic heterocycles. The number of carbonyl (C=O) groups is 2. The molecule has 6 heteroatoms. The highest BCUT2D eigenvalue weighted by molar-refractivity contribution is 5.86. The van der Waals surface area contributed by atoms with Gasteiger partial charge in [-0.25, -0.2) is 4.79 Å². The molecule has 2 N–H and O–H groups in total. The van der Waals surface area contributed by atoms with Crippen LogP contribution >= 0.6 is 0 Å². The molecule has 1 aliphatic heterocycles. The quantitative estimate of drug-likeness (QED) is 0.805. The molecule has 2 aromatic rings. The summed E-state index contributed by atoms with van der Waals surface area (Å²) >= 11 is 0. The lowest BCUT2D eigenvalue weighted by Crippen LogP contribution is -2.52. The number of likely N-dealkylation sites (tertiary alicyclic amines) is 1. The number of aliphatic hydroxyl groups excluding tert-OH is 1. The van der Waals surface area contributed by atoms with E-state index in [-0.39, 0.29) is 18.6 Å². The fourth-order valence-corrected chi connectivity index (χ4v) is 3.26. The Labute approximate surface area is 165 Å². The van der Waals surface area contributed by atoms with Gasteiger partial charge in [-0.1, -0.05) is 60.7 Å². The lowest BCUT2D eigenvalue weighted by Gasteiger charge is -2.32. The molecule has 3 rings (SSSR count). The number of nitrogens with one attached hydrogen (secondary N) is 1. The van der Waals surface area contributed by atoms with Gasteiger partial charge in [-0.2, -0.15) is 0 Å². The molecule has 0 bridgehead atoms. The monoisotopic (exact) mass is 382 g/mol. The van der Waals surface area contributed by atoms with Crippen molar-refractivity contribution in [3.8, 4) is 0 Å². The van der Waals surface area contributed by atoms with Crippen molar-refractivity contribution < 1.29 is 19.4 Å². The second-order valence-electron chi connectivity index (χ2n) is 7.00. The number of benzene rings is 2. The normalized spacial score (nSPS) is 15.7. The van der Waals surface area contributed by atoms with Crippen LogP contribution in [0.2, 0.25) is 0 Å². The molecule has 2 aromatic carbocycles. The van der Waals surface area contributed by atoms with Crippen molar-refractivity contribution in [2.45, 2.75) is 38.0 Å². The summed E-state index contributed by atoms with van der Waals surface area (Å²) in [6.07, 6.45) is 0.527. The highest BCUT2D eigenvalue weighted by Gasteiger charge is 2.29. The molecule has 0 spiro atoms. The number of carbonyl (C=O) groups excluding carboxylic acids is 2. The van der Waals surface area contributed by atoms with Crippen LogP contribution in [0, 0.1) is 0 Å². The summed E-state index contributed by atoms with van der Waals surface area (Å²) in [5.74, 6) is -0.146. The van der Waals surface area contributed by atoms with Crippen LogP contribution in [0.4, 0.5) is 4.79 Å². The molecule has 1 heterocycles. The zero-order chi connectivity index (χ0) is 19.8. The molecule has 0 saturated carbocycles. The largest absolute Gasteiger partial charge is 0.445 e. The van der Waals surface area contributed by atoms with Crippen molar-refractivity contribution in [2.75, 3.05) is 13.1 Å². The number of hydrogen-bond acceptors (Lipinski definition) is 4. The zero-order valence-corrected chi connectivity index (χ0v) is 15.8. The van der Waals surface area contributed by atoms with Crippen molar-refractivity contribution in [1.82, 2.24) is 10.2 Å². The standard InChI is InChI=1S/C22H26N2O4/c25-19-11-13-24(14-12-19)21(26)20(15-17-7-3-1-4-8-17)23-22(27)28-16-18-9-5-2-6-10-18/h1-10,19-20,25H,11-16H2,(H,23,27)/t20-/m0/s1. The Hall–Kier alpha value is -2.86. The van der Waals surface area contributed by atoms with Gasteiger partial charge in [-0.15, -0.1) is 0 Å². The first-order chi connectivity index (χ1) is 13.6. The number of ether oxygens (including phenoxy) is 1. The number of alkyl carbamates (subject to hydrolysis) is 1. The number of amides is 2. The smallest absolute Gasteiger partial charge is 0.408 e. The minimum atomic E-state index is -0.707. The van der Waals surface area contributed by atoms with Crippen molar-refractivity contribution in [3.05, 3.63) is 71.8 Å². The molecule has 0 aliphatic carbocycles. The molecule has 1 fully saturated rings. The maximum atomic E-state index is 13.0. The average Bonchev–Trinajstić information content (AvgIpc) is 2.73. The third-order valence-corrected chi connectivity index (χ3v) is 4.86. The molecule has 6 nitrogen and oxygen atoms in total. The van der Waals surface area contributed by atoms with Crippen molar-refractivity contribution in [3.63, 3.8) is 0 Å². The van der Waals surface area contributed by atoms with E-state index in [4.69, 9.17) is 4.74 Å². The first-order valence-corrected chi connectivity index (χ1v) is 9.60. The van der Waals surface area contributed by atoms with E-state index in [1.54, 1.807) is 4.90 Å². The molecular formula is C22H26N2O4. The van der Waals surface area contributed by atoms with Gasteiger partial charge in [0.1, 0.15) is 12.6 Å². The summed E-state index contributed by atoms with van der Waals surface area (Å²) in [5.41, 5.74) is 1.84. The summed E-state index contributed by atoms with van der Waals surface area (Å²) < 4.78 is 5.29. The summed E-state index contributed by atoms with van der Waals surface area (Å²) in [6.45, 7) is 1.13. The highest BCUT2D eigenvalue weighted by Crippen LogP contribution is 2.13. The maximum Gasteiger partial charge on any atom is 0.408 e. The fraction of sp³-hybridized carbons (Fsp3) is 0.364. The van der Waals surface area contributed by atoms with Crippen LogP contribution < -0.4 is 5.32 Å². The van der Waals surface area contributed by atoms with Gasteiger partial charge >= 0.3 is 6.09 Å². The van der Waals surface area contributed by atoms with Crippen LogP contribution in [0.15, 0.2) is 60.7 Å². The zero-order valence-electron chi connectivity index (χ0n) is 15.8. The molecule has 1 saturated heterocycles. The molecule has 2 amide bonds. The minimum absolute atomic E-state index is 0.146. The molecule has 0 radical (unpaired) electrons. The van der Waals surface area contributed by atoms with E-state index in [1.165, 1.54) is 0 Å². The van der Waals surface area contributed by atoms with Gasteiger partial charge in [0.05, 0.1) is 6.10 Å². The molecule has 1 atom stereocenters. The number of hydrogen-bond donors (Lipinski definition) is 2. The van der Waals surface area contributed by atoms with Crippen LogP contribution in [-0.4, -0.2) is 47.2 Å². The molecule has 0 unspecified atom stereocenters. The van der Waals surface area contributed by atoms with Crippen LogP contribution in [-0.2, 0) is 22.6 Å². The van der Waals surface area contributed by atoms with Crippen LogP contribution in [0.3, 0.4) is 0 Å². The summed E-state index contributed by atoms with van der Waals surface area (Å²) in [5, 5.41) is 12.4. The molecule has 1 aliphatic rings. The van der Waals surface area contributed by atoms with Crippen molar-refractivity contribution >= 4 is 12.0 Å². The van der Waals surface area contributed by atoms with Gasteiger partial charge in [0.25, 0.3) is 0 Å². The number of aliphatic hydroxyl groups is 1. The summed E-state index contributed by atoms with van der Waals surface area (Å²) in [7, 11) is 0. The first kappa shape index (κ1) is 19.9. The van der Waals surface area contributed by atoms with Crippen LogP contribution in [0.25, 0.3) is 0 Å². The van der Waals surface area contributed by atoms with E-state index in [2.05, 4.69) is 5.32 Å². The number of rotatable bonds is 6. The van der Waals surface area contributed by atoms with Crippen LogP contribution in [0.1, 0.15) is 24.0 Å². The molecule has 28 heavy (non-hydrogen) atoms. The molecule has 148 valence electrons. The van der Waals surface area contributed by atoms with Gasteiger partial charge in [0.2, 0.25) is 5.91 Å². The Morgan fingerprint density at radius 2 is 1.57 bits per heavy atom. The van der Waals surface area contributed by atoms with E-state index in [0.29, 0.717) is 32.4 Å². The Bertz CT molecular complexity index is 759. The molecular weight excluding hydrogens is 356 g/mol. The average molecular weight is 382 g/mol. The van der Waals surface area contributed by atoms with Gasteiger partial charge in [-0.3, -0.25) is 4.79 Å². The third kappa shape index (κ3) is 5.82. The van der Waals surface area contributed by atoms with E-state index >= 15 is 0 Å². The lowest BCUT2D eigenvalue weighted by molar-refractivity contribution is -0.135. The second-order valence-corrected chi connectivity index (χ2v) is 7.00. The third-order valence-electron chi connectivity index (χ3n) is 4.86. The Balaban J connectivity index is 1.63. The Morgan fingerprint density at radius 3 is 2.18 bits per heavy atom.